The molecule has 3 fully saturated rings. The Bertz CT molecular complexity index is 1110. The van der Waals surface area contributed by atoms with Crippen LogP contribution in [-0.2, 0) is 24.7 Å². The second-order valence-electron chi connectivity index (χ2n) is 11.3. The smallest absolute Gasteiger partial charge is 0.264 e. The van der Waals surface area contributed by atoms with Gasteiger partial charge in [-0.2, -0.15) is 0 Å². The van der Waals surface area contributed by atoms with E-state index in [2.05, 4.69) is 5.32 Å². The van der Waals surface area contributed by atoms with Crippen molar-refractivity contribution < 1.29 is 28.3 Å². The van der Waals surface area contributed by atoms with Crippen LogP contribution in [0.25, 0.3) is 0 Å². The zero-order chi connectivity index (χ0) is 26.7. The zero-order valence-corrected chi connectivity index (χ0v) is 23.0. The Kier molecular flexibility index (Phi) is 6.70. The van der Waals surface area contributed by atoms with Gasteiger partial charge in [0, 0.05) is 49.4 Å². The van der Waals surface area contributed by atoms with E-state index in [1.54, 1.807) is 34.8 Å². The van der Waals surface area contributed by atoms with Crippen molar-refractivity contribution in [3.8, 4) is 0 Å². The fourth-order valence-corrected chi connectivity index (χ4v) is 9.53. The number of ether oxygens (including phenoxy) is 1. The van der Waals surface area contributed by atoms with Crippen LogP contribution in [0.15, 0.2) is 18.2 Å². The lowest BCUT2D eigenvalue weighted by Gasteiger charge is -2.32. The molecule has 0 bridgehead atoms. The molecule has 1 aromatic carbocycles. The number of anilines is 2. The van der Waals surface area contributed by atoms with E-state index in [1.165, 1.54) is 0 Å². The molecule has 9 nitrogen and oxygen atoms in total. The highest BCUT2D eigenvalue weighted by Gasteiger charge is 2.66. The summed E-state index contributed by atoms with van der Waals surface area (Å²) in [5.74, 6) is -1.00. The fourth-order valence-electron chi connectivity index (χ4n) is 7.03. The Hall–Kier alpha value is -2.34. The van der Waals surface area contributed by atoms with Crippen LogP contribution in [0.1, 0.15) is 31.7 Å². The van der Waals surface area contributed by atoms with Crippen molar-refractivity contribution in [1.29, 1.82) is 0 Å². The van der Waals surface area contributed by atoms with E-state index in [9.17, 15) is 19.5 Å². The van der Waals surface area contributed by atoms with Gasteiger partial charge in [-0.25, -0.2) is 0 Å². The minimum absolute atomic E-state index is 0.0318. The van der Waals surface area contributed by atoms with E-state index in [4.69, 9.17) is 4.74 Å². The standard InChI is InChI=1S/C26H37FN4O5Si/c1-16-24(37(3,4)27)21(13-22(33)30-10-5-6-18(30)15-32)36-26(16)19-12-17(31-11-9-28-14-23(31)34)7-8-20(19)29(2)25(26)35/h7-8,12,16,18,21,24,28,32H,5-6,9-11,13-15H2,1-4H3/t16-,18+,21+,24-,26+/m1/s1. The minimum Gasteiger partial charge on any atom is -0.394 e. The van der Waals surface area contributed by atoms with Crippen LogP contribution in [0.3, 0.4) is 0 Å². The first-order valence-electron chi connectivity index (χ1n) is 13.2. The third-order valence-corrected chi connectivity index (χ3v) is 11.2. The number of piperazine rings is 1. The summed E-state index contributed by atoms with van der Waals surface area (Å²) >= 11 is 0. The Labute approximate surface area is 218 Å². The Balaban J connectivity index is 1.53. The summed E-state index contributed by atoms with van der Waals surface area (Å²) < 4.78 is 22.5. The van der Waals surface area contributed by atoms with Crippen LogP contribution < -0.4 is 15.1 Å². The molecule has 3 amide bonds. The Morgan fingerprint density at radius 3 is 2.73 bits per heavy atom. The van der Waals surface area contributed by atoms with Crippen LogP contribution in [-0.4, -0.2) is 88.1 Å². The number of carbonyl (C=O) groups excluding carboxylic acids is 3. The number of aliphatic hydroxyl groups excluding tert-OH is 1. The fraction of sp³-hybridized carbons (Fsp3) is 0.654. The van der Waals surface area contributed by atoms with Gasteiger partial charge in [0.15, 0.2) is 5.60 Å². The van der Waals surface area contributed by atoms with Crippen LogP contribution >= 0.6 is 0 Å². The molecule has 0 saturated carbocycles. The van der Waals surface area contributed by atoms with Crippen molar-refractivity contribution in [1.82, 2.24) is 10.2 Å². The number of likely N-dealkylation sites (tertiary alicyclic amines) is 1. The van der Waals surface area contributed by atoms with Crippen LogP contribution in [0, 0.1) is 5.92 Å². The Morgan fingerprint density at radius 2 is 2.05 bits per heavy atom. The Morgan fingerprint density at radius 1 is 1.30 bits per heavy atom. The summed E-state index contributed by atoms with van der Waals surface area (Å²) in [6, 6.07) is 5.27. The van der Waals surface area contributed by atoms with Gasteiger partial charge in [-0.05, 0) is 44.1 Å². The third-order valence-electron chi connectivity index (χ3n) is 8.76. The molecular formula is C26H37FN4O5Si. The van der Waals surface area contributed by atoms with Gasteiger partial charge in [-0.3, -0.25) is 14.4 Å². The number of halogens is 1. The van der Waals surface area contributed by atoms with Crippen molar-refractivity contribution in [3.05, 3.63) is 23.8 Å². The number of aliphatic hydroxyl groups is 1. The summed E-state index contributed by atoms with van der Waals surface area (Å²) in [5, 5.41) is 12.8. The first kappa shape index (κ1) is 26.3. The molecule has 0 aromatic heterocycles. The molecule has 11 heteroatoms. The topological polar surface area (TPSA) is 102 Å². The third kappa shape index (κ3) is 4.10. The predicted molar refractivity (Wildman–Crippen MR) is 140 cm³/mol. The highest BCUT2D eigenvalue weighted by molar-refractivity contribution is 6.72. The quantitative estimate of drug-likeness (QED) is 0.443. The van der Waals surface area contributed by atoms with E-state index in [0.29, 0.717) is 36.6 Å². The average molecular weight is 533 g/mol. The maximum atomic E-state index is 15.9. The largest absolute Gasteiger partial charge is 0.394 e. The number of carbonyl (C=O) groups is 3. The predicted octanol–water partition coefficient (Wildman–Crippen LogP) is 1.75. The number of amides is 3. The summed E-state index contributed by atoms with van der Waals surface area (Å²) in [7, 11) is -1.71. The van der Waals surface area contributed by atoms with Gasteiger partial charge in [-0.1, -0.05) is 6.92 Å². The minimum atomic E-state index is -3.39. The maximum Gasteiger partial charge on any atom is 0.264 e. The van der Waals surface area contributed by atoms with Crippen LogP contribution in [0.5, 0.6) is 0 Å². The monoisotopic (exact) mass is 532 g/mol. The van der Waals surface area contributed by atoms with Crippen LogP contribution in [0.4, 0.5) is 15.5 Å². The molecule has 0 radical (unpaired) electrons. The number of hydrogen-bond donors (Lipinski definition) is 2. The number of likely N-dealkylation sites (N-methyl/N-ethyl adjacent to an activating group) is 1. The number of nitrogens with zero attached hydrogens (tertiary/aromatic N) is 3. The lowest BCUT2D eigenvalue weighted by molar-refractivity contribution is -0.149. The first-order chi connectivity index (χ1) is 17.5. The molecule has 4 aliphatic rings. The molecular weight excluding hydrogens is 495 g/mol. The summed E-state index contributed by atoms with van der Waals surface area (Å²) in [4.78, 5) is 44.7. The molecule has 1 spiro atoms. The van der Waals surface area contributed by atoms with Gasteiger partial charge in [0.25, 0.3) is 5.91 Å². The molecule has 0 aliphatic carbocycles. The van der Waals surface area contributed by atoms with Gasteiger partial charge < -0.3 is 34.0 Å². The molecule has 202 valence electrons. The van der Waals surface area contributed by atoms with Crippen molar-refractivity contribution >= 4 is 37.5 Å². The van der Waals surface area contributed by atoms with E-state index in [-0.39, 0.29) is 43.3 Å². The molecule has 1 aromatic rings. The summed E-state index contributed by atoms with van der Waals surface area (Å²) in [6.07, 6.45) is 0.766. The van der Waals surface area contributed by atoms with Crippen molar-refractivity contribution in [2.75, 3.05) is 49.6 Å². The molecule has 5 atom stereocenters. The van der Waals surface area contributed by atoms with Gasteiger partial charge in [0.05, 0.1) is 37.4 Å². The van der Waals surface area contributed by atoms with Crippen LogP contribution in [0.2, 0.25) is 18.6 Å². The number of benzene rings is 1. The number of fused-ring (bicyclic) bond motifs is 2. The van der Waals surface area contributed by atoms with E-state index >= 15 is 4.11 Å². The van der Waals surface area contributed by atoms with Crippen molar-refractivity contribution in [3.63, 3.8) is 0 Å². The molecule has 2 N–H and O–H groups in total. The zero-order valence-electron chi connectivity index (χ0n) is 22.0. The van der Waals surface area contributed by atoms with Crippen molar-refractivity contribution in [2.45, 2.75) is 62.6 Å². The number of rotatable bonds is 5. The molecule has 37 heavy (non-hydrogen) atoms. The van der Waals surface area contributed by atoms with Gasteiger partial charge in [0.2, 0.25) is 20.2 Å². The highest BCUT2D eigenvalue weighted by atomic mass is 28.4. The molecule has 5 rings (SSSR count). The first-order valence-corrected chi connectivity index (χ1v) is 16.2. The lowest BCUT2D eigenvalue weighted by atomic mass is 9.82. The molecule has 4 aliphatic heterocycles. The van der Waals surface area contributed by atoms with Crippen molar-refractivity contribution in [2.24, 2.45) is 5.92 Å². The van der Waals surface area contributed by atoms with E-state index < -0.39 is 31.6 Å². The molecule has 4 heterocycles. The highest BCUT2D eigenvalue weighted by Crippen LogP contribution is 2.60. The van der Waals surface area contributed by atoms with E-state index in [0.717, 1.165) is 12.8 Å². The van der Waals surface area contributed by atoms with Gasteiger partial charge >= 0.3 is 0 Å². The molecule has 0 unspecified atom stereocenters. The maximum absolute atomic E-state index is 15.9. The number of nitrogens with one attached hydrogen (secondary N) is 1. The lowest BCUT2D eigenvalue weighted by Crippen LogP contribution is -2.48. The second-order valence-corrected chi connectivity index (χ2v) is 15.1. The van der Waals surface area contributed by atoms with Gasteiger partial charge in [-0.15, -0.1) is 0 Å². The van der Waals surface area contributed by atoms with E-state index in [1.807, 2.05) is 25.1 Å². The molecule has 3 saturated heterocycles. The SMILES string of the molecule is C[C@@H]1[C@@H]([Si](C)(C)F)[C@H](CC(=O)N2CCC[C@H]2CO)O[C@@]12C(=O)N(C)c1ccc(N3CCNCC3=O)cc12. The number of hydrogen-bond acceptors (Lipinski definition) is 6. The summed E-state index contributed by atoms with van der Waals surface area (Å²) in [6.45, 7) is 6.96. The normalized spacial score (nSPS) is 32.1. The summed E-state index contributed by atoms with van der Waals surface area (Å²) in [5.41, 5.74) is -0.0282. The average Bonchev–Trinajstić information content (AvgIpc) is 3.50. The second kappa shape index (κ2) is 9.44. The van der Waals surface area contributed by atoms with Gasteiger partial charge in [0.1, 0.15) is 0 Å².